The van der Waals surface area contributed by atoms with Crippen LogP contribution in [0, 0.1) is 0 Å². The first-order chi connectivity index (χ1) is 6.16. The van der Waals surface area contributed by atoms with Gasteiger partial charge in [0, 0.05) is 11.8 Å². The van der Waals surface area contributed by atoms with Crippen molar-refractivity contribution in [1.82, 2.24) is 0 Å². The van der Waals surface area contributed by atoms with Crippen molar-refractivity contribution in [3.8, 4) is 0 Å². The summed E-state index contributed by atoms with van der Waals surface area (Å²) in [6, 6.07) is 4.33. The lowest BCUT2D eigenvalue weighted by Crippen LogP contribution is -1.78. The Balaban J connectivity index is 0.000000310. The molecule has 0 amide bonds. The van der Waals surface area contributed by atoms with E-state index >= 15 is 0 Å². The zero-order chi connectivity index (χ0) is 10.1. The van der Waals surface area contributed by atoms with E-state index in [4.69, 9.17) is 9.90 Å². The van der Waals surface area contributed by atoms with Gasteiger partial charge >= 0.3 is 0 Å². The van der Waals surface area contributed by atoms with Crippen molar-refractivity contribution in [3.05, 3.63) is 22.4 Å². The number of aryl methyl sites for hydroxylation is 1. The molecule has 1 N–H and O–H groups in total. The average molecular weight is 200 g/mol. The molecular formula is C10H16O2S. The number of hydrogen-bond acceptors (Lipinski definition) is 2. The van der Waals surface area contributed by atoms with Crippen LogP contribution in [0.4, 0.5) is 0 Å². The fraction of sp³-hybridized carbons (Fsp3) is 0.500. The van der Waals surface area contributed by atoms with E-state index in [-0.39, 0.29) is 0 Å². The van der Waals surface area contributed by atoms with Gasteiger partial charge in [0.15, 0.2) is 0 Å². The Morgan fingerprint density at radius 3 is 2.62 bits per heavy atom. The Kier molecular flexibility index (Phi) is 7.30. The summed E-state index contributed by atoms with van der Waals surface area (Å²) in [5.74, 6) is -0.833. The molecule has 0 aliphatic rings. The average Bonchev–Trinajstić information content (AvgIpc) is 2.51. The van der Waals surface area contributed by atoms with Crippen molar-refractivity contribution in [2.45, 2.75) is 33.1 Å². The van der Waals surface area contributed by atoms with Crippen molar-refractivity contribution in [2.24, 2.45) is 0 Å². The van der Waals surface area contributed by atoms with E-state index in [1.807, 2.05) is 11.3 Å². The van der Waals surface area contributed by atoms with Crippen LogP contribution in [0.25, 0.3) is 0 Å². The van der Waals surface area contributed by atoms with E-state index < -0.39 is 5.97 Å². The fourth-order valence-corrected chi connectivity index (χ4v) is 1.56. The van der Waals surface area contributed by atoms with Gasteiger partial charge in [0.2, 0.25) is 0 Å². The first kappa shape index (κ1) is 12.2. The van der Waals surface area contributed by atoms with E-state index in [2.05, 4.69) is 24.4 Å². The van der Waals surface area contributed by atoms with Crippen LogP contribution in [0.3, 0.4) is 0 Å². The highest BCUT2D eigenvalue weighted by atomic mass is 32.1. The maximum absolute atomic E-state index is 9.00. The molecule has 1 rings (SSSR count). The van der Waals surface area contributed by atoms with Crippen LogP contribution < -0.4 is 0 Å². The van der Waals surface area contributed by atoms with Gasteiger partial charge in [-0.15, -0.1) is 11.3 Å². The monoisotopic (exact) mass is 200 g/mol. The molecule has 2 nitrogen and oxygen atoms in total. The van der Waals surface area contributed by atoms with Crippen molar-refractivity contribution in [1.29, 1.82) is 0 Å². The molecule has 0 aromatic carbocycles. The number of carbonyl (C=O) groups is 1. The molecule has 0 unspecified atom stereocenters. The van der Waals surface area contributed by atoms with E-state index in [1.54, 1.807) is 0 Å². The summed E-state index contributed by atoms with van der Waals surface area (Å²) in [5, 5.41) is 9.56. The zero-order valence-corrected chi connectivity index (χ0v) is 8.93. The quantitative estimate of drug-likeness (QED) is 0.813. The minimum atomic E-state index is -0.833. The van der Waals surface area contributed by atoms with Crippen LogP contribution in [0.15, 0.2) is 17.5 Å². The molecule has 74 valence electrons. The largest absolute Gasteiger partial charge is 0.481 e. The van der Waals surface area contributed by atoms with E-state index in [1.165, 1.54) is 24.1 Å². The Hall–Kier alpha value is -0.830. The van der Waals surface area contributed by atoms with Crippen molar-refractivity contribution >= 4 is 17.3 Å². The molecule has 0 aliphatic carbocycles. The van der Waals surface area contributed by atoms with E-state index in [0.29, 0.717) is 0 Å². The second-order valence-corrected chi connectivity index (χ2v) is 3.73. The maximum Gasteiger partial charge on any atom is 0.300 e. The summed E-state index contributed by atoms with van der Waals surface area (Å²) in [5.41, 5.74) is 0. The van der Waals surface area contributed by atoms with Gasteiger partial charge in [-0.25, -0.2) is 0 Å². The molecular weight excluding hydrogens is 184 g/mol. The van der Waals surface area contributed by atoms with Gasteiger partial charge in [0.1, 0.15) is 0 Å². The highest BCUT2D eigenvalue weighted by Crippen LogP contribution is 2.11. The smallest absolute Gasteiger partial charge is 0.300 e. The van der Waals surface area contributed by atoms with E-state index in [0.717, 1.165) is 6.92 Å². The second-order valence-electron chi connectivity index (χ2n) is 2.70. The summed E-state index contributed by atoms with van der Waals surface area (Å²) < 4.78 is 0. The third-order valence-corrected chi connectivity index (χ3v) is 2.29. The number of aliphatic carboxylic acids is 1. The number of thiophene rings is 1. The summed E-state index contributed by atoms with van der Waals surface area (Å²) in [6.45, 7) is 3.31. The Morgan fingerprint density at radius 1 is 1.62 bits per heavy atom. The molecule has 0 atom stereocenters. The minimum Gasteiger partial charge on any atom is -0.481 e. The summed E-state index contributed by atoms with van der Waals surface area (Å²) in [4.78, 5) is 10.5. The number of carboxylic acids is 1. The van der Waals surface area contributed by atoms with Gasteiger partial charge in [-0.3, -0.25) is 4.79 Å². The zero-order valence-electron chi connectivity index (χ0n) is 8.12. The molecule has 0 radical (unpaired) electrons. The third-order valence-electron chi connectivity index (χ3n) is 1.36. The second kappa shape index (κ2) is 7.80. The van der Waals surface area contributed by atoms with Crippen molar-refractivity contribution < 1.29 is 9.90 Å². The van der Waals surface area contributed by atoms with Crippen LogP contribution in [0.5, 0.6) is 0 Å². The summed E-state index contributed by atoms with van der Waals surface area (Å²) in [7, 11) is 0. The Labute approximate surface area is 83.2 Å². The molecule has 0 spiro atoms. The molecule has 0 fully saturated rings. The lowest BCUT2D eigenvalue weighted by molar-refractivity contribution is -0.134. The lowest BCUT2D eigenvalue weighted by atomic mass is 10.2. The molecule has 1 aromatic heterocycles. The van der Waals surface area contributed by atoms with Gasteiger partial charge in [-0.2, -0.15) is 0 Å². The topological polar surface area (TPSA) is 37.3 Å². The van der Waals surface area contributed by atoms with Gasteiger partial charge in [0.05, 0.1) is 0 Å². The highest BCUT2D eigenvalue weighted by Gasteiger charge is 1.89. The van der Waals surface area contributed by atoms with Gasteiger partial charge in [0.25, 0.3) is 5.97 Å². The molecule has 1 heterocycles. The number of unbranched alkanes of at least 4 members (excludes halogenated alkanes) is 1. The van der Waals surface area contributed by atoms with Gasteiger partial charge in [-0.05, 0) is 24.3 Å². The molecule has 3 heteroatoms. The van der Waals surface area contributed by atoms with E-state index in [9.17, 15) is 0 Å². The molecule has 0 saturated carbocycles. The molecule has 0 aliphatic heterocycles. The predicted octanol–water partition coefficient (Wildman–Crippen LogP) is 3.18. The van der Waals surface area contributed by atoms with Gasteiger partial charge in [-0.1, -0.05) is 19.4 Å². The van der Waals surface area contributed by atoms with Crippen LogP contribution in [-0.2, 0) is 11.2 Å². The number of rotatable bonds is 3. The highest BCUT2D eigenvalue weighted by molar-refractivity contribution is 7.09. The normalized spacial score (nSPS) is 8.77. The fourth-order valence-electron chi connectivity index (χ4n) is 0.806. The molecule has 13 heavy (non-hydrogen) atoms. The van der Waals surface area contributed by atoms with Crippen LogP contribution in [0.1, 0.15) is 31.6 Å². The van der Waals surface area contributed by atoms with Crippen molar-refractivity contribution in [2.75, 3.05) is 0 Å². The number of hydrogen-bond donors (Lipinski definition) is 1. The SMILES string of the molecule is CC(=O)O.CCCCc1cccs1. The number of carboxylic acid groups (broad SMARTS) is 1. The summed E-state index contributed by atoms with van der Waals surface area (Å²) in [6.07, 6.45) is 3.91. The van der Waals surface area contributed by atoms with Crippen LogP contribution in [-0.4, -0.2) is 11.1 Å². The van der Waals surface area contributed by atoms with Crippen LogP contribution in [0.2, 0.25) is 0 Å². The first-order valence-electron chi connectivity index (χ1n) is 4.38. The third kappa shape index (κ3) is 9.08. The summed E-state index contributed by atoms with van der Waals surface area (Å²) >= 11 is 1.86. The first-order valence-corrected chi connectivity index (χ1v) is 5.26. The minimum absolute atomic E-state index is 0.833. The maximum atomic E-state index is 9.00. The Bertz CT molecular complexity index is 213. The lowest BCUT2D eigenvalue weighted by Gasteiger charge is -1.90. The standard InChI is InChI=1S/C8H12S.C2H4O2/c1-2-3-5-8-6-4-7-9-8;1-2(3)4/h4,6-7H,2-3,5H2,1H3;1H3,(H,3,4). The van der Waals surface area contributed by atoms with Crippen LogP contribution >= 0.6 is 11.3 Å². The molecule has 1 aromatic rings. The molecule has 0 bridgehead atoms. The Morgan fingerprint density at radius 2 is 2.23 bits per heavy atom. The molecule has 0 saturated heterocycles. The predicted molar refractivity (Wildman–Crippen MR) is 56.2 cm³/mol. The van der Waals surface area contributed by atoms with Crippen molar-refractivity contribution in [3.63, 3.8) is 0 Å². The van der Waals surface area contributed by atoms with Gasteiger partial charge < -0.3 is 5.11 Å².